The molecular weight excluding hydrogens is 190 g/mol. The SMILES string of the molecule is CC(=O)OCC(F)(F)c1ccccc1. The molecule has 0 atom stereocenters. The van der Waals surface area contributed by atoms with Gasteiger partial charge in [0.05, 0.1) is 0 Å². The number of hydrogen-bond acceptors (Lipinski definition) is 2. The van der Waals surface area contributed by atoms with Crippen LogP contribution in [0.5, 0.6) is 0 Å². The van der Waals surface area contributed by atoms with Crippen LogP contribution in [0.3, 0.4) is 0 Å². The maximum atomic E-state index is 13.2. The summed E-state index contributed by atoms with van der Waals surface area (Å²) in [6.07, 6.45) is 0. The Balaban J connectivity index is 2.70. The Morgan fingerprint density at radius 2 is 1.93 bits per heavy atom. The van der Waals surface area contributed by atoms with Crippen LogP contribution < -0.4 is 0 Å². The largest absolute Gasteiger partial charge is 0.459 e. The highest BCUT2D eigenvalue weighted by molar-refractivity contribution is 5.65. The van der Waals surface area contributed by atoms with E-state index in [1.807, 2.05) is 0 Å². The first-order valence-electron chi connectivity index (χ1n) is 4.09. The number of carbonyl (C=O) groups excluding carboxylic acids is 1. The molecule has 0 aliphatic rings. The fourth-order valence-electron chi connectivity index (χ4n) is 0.958. The summed E-state index contributed by atoms with van der Waals surface area (Å²) in [4.78, 5) is 10.4. The van der Waals surface area contributed by atoms with E-state index in [1.165, 1.54) is 24.3 Å². The van der Waals surface area contributed by atoms with Crippen molar-refractivity contribution in [2.75, 3.05) is 6.61 Å². The smallest absolute Gasteiger partial charge is 0.306 e. The number of rotatable bonds is 3. The van der Waals surface area contributed by atoms with Crippen LogP contribution in [0, 0.1) is 0 Å². The summed E-state index contributed by atoms with van der Waals surface area (Å²) in [5.41, 5.74) is -0.152. The predicted molar refractivity (Wildman–Crippen MR) is 47.0 cm³/mol. The highest BCUT2D eigenvalue weighted by Crippen LogP contribution is 2.27. The van der Waals surface area contributed by atoms with Crippen LogP contribution in [0.4, 0.5) is 8.78 Å². The molecule has 0 aliphatic heterocycles. The molecule has 4 heteroatoms. The molecule has 0 amide bonds. The van der Waals surface area contributed by atoms with Crippen molar-refractivity contribution in [3.05, 3.63) is 35.9 Å². The number of benzene rings is 1. The van der Waals surface area contributed by atoms with E-state index in [0.29, 0.717) is 0 Å². The van der Waals surface area contributed by atoms with Gasteiger partial charge in [0.25, 0.3) is 0 Å². The minimum atomic E-state index is -3.12. The van der Waals surface area contributed by atoms with Gasteiger partial charge in [-0.2, -0.15) is 8.78 Å². The second-order valence-corrected chi connectivity index (χ2v) is 2.85. The number of ether oxygens (including phenoxy) is 1. The fraction of sp³-hybridized carbons (Fsp3) is 0.300. The third-order valence-corrected chi connectivity index (χ3v) is 1.65. The average Bonchev–Trinajstić information content (AvgIpc) is 2.16. The number of carbonyl (C=O) groups is 1. The van der Waals surface area contributed by atoms with Crippen molar-refractivity contribution in [2.45, 2.75) is 12.8 Å². The molecule has 0 saturated heterocycles. The van der Waals surface area contributed by atoms with Crippen molar-refractivity contribution >= 4 is 5.97 Å². The van der Waals surface area contributed by atoms with Crippen LogP contribution in [0.1, 0.15) is 12.5 Å². The fourth-order valence-corrected chi connectivity index (χ4v) is 0.958. The molecule has 1 aromatic rings. The Kier molecular flexibility index (Phi) is 3.17. The van der Waals surface area contributed by atoms with E-state index in [2.05, 4.69) is 4.74 Å². The number of hydrogen-bond donors (Lipinski definition) is 0. The molecule has 0 heterocycles. The lowest BCUT2D eigenvalue weighted by atomic mass is 10.1. The lowest BCUT2D eigenvalue weighted by Gasteiger charge is -2.15. The monoisotopic (exact) mass is 200 g/mol. The van der Waals surface area contributed by atoms with Crippen LogP contribution in [0.2, 0.25) is 0 Å². The van der Waals surface area contributed by atoms with Crippen molar-refractivity contribution in [1.29, 1.82) is 0 Å². The first-order chi connectivity index (χ1) is 6.52. The molecule has 0 saturated carbocycles. The third-order valence-electron chi connectivity index (χ3n) is 1.65. The number of halogens is 2. The van der Waals surface area contributed by atoms with Crippen molar-refractivity contribution in [1.82, 2.24) is 0 Å². The molecule has 0 bridgehead atoms. The van der Waals surface area contributed by atoms with Crippen molar-refractivity contribution in [3.63, 3.8) is 0 Å². The molecule has 0 unspecified atom stereocenters. The van der Waals surface area contributed by atoms with Crippen LogP contribution in [-0.2, 0) is 15.5 Å². The molecule has 0 N–H and O–H groups in total. The van der Waals surface area contributed by atoms with Crippen LogP contribution in [-0.4, -0.2) is 12.6 Å². The zero-order valence-electron chi connectivity index (χ0n) is 7.67. The standard InChI is InChI=1S/C10H10F2O2/c1-8(13)14-7-10(11,12)9-5-3-2-4-6-9/h2-6H,7H2,1H3. The van der Waals surface area contributed by atoms with Gasteiger partial charge in [-0.25, -0.2) is 0 Å². The first kappa shape index (κ1) is 10.6. The van der Waals surface area contributed by atoms with E-state index in [0.717, 1.165) is 6.92 Å². The minimum absolute atomic E-state index is 0.152. The van der Waals surface area contributed by atoms with Gasteiger partial charge in [-0.1, -0.05) is 30.3 Å². The average molecular weight is 200 g/mol. The lowest BCUT2D eigenvalue weighted by Crippen LogP contribution is -2.22. The molecule has 1 aromatic carbocycles. The summed E-state index contributed by atoms with van der Waals surface area (Å²) >= 11 is 0. The van der Waals surface area contributed by atoms with Gasteiger partial charge in [-0.15, -0.1) is 0 Å². The van der Waals surface area contributed by atoms with Gasteiger partial charge in [-0.05, 0) is 0 Å². The van der Waals surface area contributed by atoms with E-state index in [4.69, 9.17) is 0 Å². The van der Waals surface area contributed by atoms with Crippen molar-refractivity contribution in [3.8, 4) is 0 Å². The van der Waals surface area contributed by atoms with Crippen LogP contribution in [0.25, 0.3) is 0 Å². The second kappa shape index (κ2) is 4.17. The minimum Gasteiger partial charge on any atom is -0.459 e. The molecular formula is C10H10F2O2. The van der Waals surface area contributed by atoms with Gasteiger partial charge in [0.1, 0.15) is 0 Å². The van der Waals surface area contributed by atoms with Crippen molar-refractivity contribution in [2.24, 2.45) is 0 Å². The van der Waals surface area contributed by atoms with Gasteiger partial charge < -0.3 is 4.74 Å². The lowest BCUT2D eigenvalue weighted by molar-refractivity contribution is -0.153. The predicted octanol–water partition coefficient (Wildman–Crippen LogP) is 2.34. The first-order valence-corrected chi connectivity index (χ1v) is 4.09. The molecule has 0 radical (unpaired) electrons. The molecule has 0 fully saturated rings. The van der Waals surface area contributed by atoms with Gasteiger partial charge in [0.2, 0.25) is 0 Å². The van der Waals surface area contributed by atoms with Gasteiger partial charge in [-0.3, -0.25) is 4.79 Å². The zero-order valence-corrected chi connectivity index (χ0v) is 7.67. The van der Waals surface area contributed by atoms with Crippen molar-refractivity contribution < 1.29 is 18.3 Å². The second-order valence-electron chi connectivity index (χ2n) is 2.85. The molecule has 76 valence electrons. The Labute approximate surface area is 80.5 Å². The number of alkyl halides is 2. The van der Waals surface area contributed by atoms with E-state index >= 15 is 0 Å². The van der Waals surface area contributed by atoms with E-state index in [9.17, 15) is 13.6 Å². The van der Waals surface area contributed by atoms with Crippen LogP contribution >= 0.6 is 0 Å². The van der Waals surface area contributed by atoms with E-state index < -0.39 is 18.5 Å². The molecule has 0 aliphatic carbocycles. The highest BCUT2D eigenvalue weighted by atomic mass is 19.3. The Bertz CT molecular complexity index is 309. The Morgan fingerprint density at radius 1 is 1.36 bits per heavy atom. The zero-order chi connectivity index (χ0) is 10.6. The Hall–Kier alpha value is -1.45. The molecule has 0 spiro atoms. The maximum absolute atomic E-state index is 13.2. The Morgan fingerprint density at radius 3 is 2.43 bits per heavy atom. The van der Waals surface area contributed by atoms with Crippen LogP contribution in [0.15, 0.2) is 30.3 Å². The summed E-state index contributed by atoms with van der Waals surface area (Å²) in [6.45, 7) is 0.188. The van der Waals surface area contributed by atoms with E-state index in [-0.39, 0.29) is 5.56 Å². The molecule has 2 nitrogen and oxygen atoms in total. The summed E-state index contributed by atoms with van der Waals surface area (Å²) in [6, 6.07) is 7.26. The molecule has 14 heavy (non-hydrogen) atoms. The topological polar surface area (TPSA) is 26.3 Å². The van der Waals surface area contributed by atoms with Gasteiger partial charge >= 0.3 is 11.9 Å². The highest BCUT2D eigenvalue weighted by Gasteiger charge is 2.32. The summed E-state index contributed by atoms with van der Waals surface area (Å²) in [5.74, 6) is -3.83. The maximum Gasteiger partial charge on any atom is 0.306 e. The third kappa shape index (κ3) is 2.80. The molecule has 1 rings (SSSR count). The summed E-state index contributed by atoms with van der Waals surface area (Å²) < 4.78 is 30.8. The number of esters is 1. The normalized spacial score (nSPS) is 11.1. The summed E-state index contributed by atoms with van der Waals surface area (Å²) in [5, 5.41) is 0. The van der Waals surface area contributed by atoms with E-state index in [1.54, 1.807) is 6.07 Å². The summed E-state index contributed by atoms with van der Waals surface area (Å²) in [7, 11) is 0. The van der Waals surface area contributed by atoms with Gasteiger partial charge in [0, 0.05) is 12.5 Å². The quantitative estimate of drug-likeness (QED) is 0.700. The molecule has 0 aromatic heterocycles. The van der Waals surface area contributed by atoms with Gasteiger partial charge in [0.15, 0.2) is 6.61 Å².